The Bertz CT molecular complexity index is 1150. The number of rotatable bonds is 9. The lowest BCUT2D eigenvalue weighted by molar-refractivity contribution is 0.0980. The minimum atomic E-state index is -0.201. The van der Waals surface area contributed by atoms with Crippen LogP contribution in [0.3, 0.4) is 0 Å². The molecule has 4 aromatic rings. The lowest BCUT2D eigenvalue weighted by Gasteiger charge is -2.23. The van der Waals surface area contributed by atoms with Crippen LogP contribution in [0.15, 0.2) is 85.2 Å². The van der Waals surface area contributed by atoms with Crippen molar-refractivity contribution in [3.63, 3.8) is 0 Å². The average molecular weight is 441 g/mol. The number of hydrogen-bond donors (Lipinski definition) is 0. The summed E-state index contributed by atoms with van der Waals surface area (Å²) < 4.78 is 1.69. The van der Waals surface area contributed by atoms with Gasteiger partial charge >= 0.3 is 0 Å². The van der Waals surface area contributed by atoms with Gasteiger partial charge in [-0.2, -0.15) is 0 Å². The number of benzene rings is 2. The van der Waals surface area contributed by atoms with Crippen LogP contribution >= 0.6 is 0 Å². The molecule has 0 N–H and O–H groups in total. The van der Waals surface area contributed by atoms with Crippen LogP contribution in [0.25, 0.3) is 0 Å². The van der Waals surface area contributed by atoms with Crippen molar-refractivity contribution in [1.82, 2.24) is 20.0 Å². The molecule has 168 valence electrons. The number of amides is 1. The summed E-state index contributed by atoms with van der Waals surface area (Å²) in [6.07, 6.45) is 3.54. The molecule has 1 amide bonds. The Morgan fingerprint density at radius 3 is 2.21 bits per heavy atom. The third kappa shape index (κ3) is 5.44. The first kappa shape index (κ1) is 22.2. The first-order chi connectivity index (χ1) is 16.2. The van der Waals surface area contributed by atoms with Crippen LogP contribution in [-0.4, -0.2) is 39.0 Å². The van der Waals surface area contributed by atoms with E-state index in [2.05, 4.69) is 34.0 Å². The molecule has 0 unspecified atom stereocenters. The molecule has 0 radical (unpaired) electrons. The largest absolute Gasteiger partial charge is 0.357 e. The normalized spacial score (nSPS) is 10.7. The number of aromatic nitrogens is 4. The summed E-state index contributed by atoms with van der Waals surface area (Å²) in [5.41, 5.74) is 3.15. The predicted molar refractivity (Wildman–Crippen MR) is 130 cm³/mol. The number of anilines is 2. The number of pyridine rings is 1. The fourth-order valence-electron chi connectivity index (χ4n) is 3.70. The molecule has 0 bridgehead atoms. The fraction of sp³-hybridized carbons (Fsp3) is 0.231. The van der Waals surface area contributed by atoms with E-state index in [1.807, 2.05) is 79.0 Å². The number of hydrogen-bond acceptors (Lipinski definition) is 5. The SMILES string of the molecule is CCN(CC)c1ccc(CN(C(=O)c2cn(Cc3ccccc3)nn2)c2ccccc2)cn1. The van der Waals surface area contributed by atoms with E-state index in [1.54, 1.807) is 15.8 Å². The van der Waals surface area contributed by atoms with Crippen molar-refractivity contribution in [3.05, 3.63) is 102 Å². The fourth-order valence-corrected chi connectivity index (χ4v) is 3.70. The van der Waals surface area contributed by atoms with Crippen LogP contribution < -0.4 is 9.80 Å². The van der Waals surface area contributed by atoms with Gasteiger partial charge in [0.15, 0.2) is 5.69 Å². The highest BCUT2D eigenvalue weighted by molar-refractivity contribution is 6.04. The third-order valence-corrected chi connectivity index (χ3v) is 5.50. The topological polar surface area (TPSA) is 67.2 Å². The second-order valence-corrected chi connectivity index (χ2v) is 7.71. The summed E-state index contributed by atoms with van der Waals surface area (Å²) in [4.78, 5) is 22.0. The second kappa shape index (κ2) is 10.5. The van der Waals surface area contributed by atoms with Crippen LogP contribution in [-0.2, 0) is 13.1 Å². The van der Waals surface area contributed by atoms with E-state index < -0.39 is 0 Å². The Labute approximate surface area is 194 Å². The molecule has 2 aromatic carbocycles. The van der Waals surface area contributed by atoms with E-state index in [9.17, 15) is 4.79 Å². The first-order valence-corrected chi connectivity index (χ1v) is 11.2. The van der Waals surface area contributed by atoms with Gasteiger partial charge < -0.3 is 9.80 Å². The lowest BCUT2D eigenvalue weighted by atomic mass is 10.2. The first-order valence-electron chi connectivity index (χ1n) is 11.2. The van der Waals surface area contributed by atoms with Crippen molar-refractivity contribution in [2.45, 2.75) is 26.9 Å². The zero-order chi connectivity index (χ0) is 23.0. The molecule has 0 aliphatic heterocycles. The van der Waals surface area contributed by atoms with E-state index in [0.717, 1.165) is 35.7 Å². The van der Waals surface area contributed by atoms with E-state index >= 15 is 0 Å². The van der Waals surface area contributed by atoms with Crippen LogP contribution in [0.5, 0.6) is 0 Å². The van der Waals surface area contributed by atoms with E-state index in [0.29, 0.717) is 18.8 Å². The van der Waals surface area contributed by atoms with E-state index in [4.69, 9.17) is 0 Å². The number of carbonyl (C=O) groups excluding carboxylic acids is 1. The predicted octanol–water partition coefficient (Wildman–Crippen LogP) is 4.41. The van der Waals surface area contributed by atoms with E-state index in [-0.39, 0.29) is 5.91 Å². The number of carbonyl (C=O) groups is 1. The van der Waals surface area contributed by atoms with E-state index in [1.165, 1.54) is 0 Å². The van der Waals surface area contributed by atoms with Gasteiger partial charge in [0.2, 0.25) is 0 Å². The van der Waals surface area contributed by atoms with Crippen LogP contribution in [0.2, 0.25) is 0 Å². The minimum absolute atomic E-state index is 0.201. The highest BCUT2D eigenvalue weighted by atomic mass is 16.2. The molecule has 0 saturated heterocycles. The van der Waals surface area contributed by atoms with Crippen LogP contribution in [0.1, 0.15) is 35.5 Å². The highest BCUT2D eigenvalue weighted by Gasteiger charge is 2.21. The van der Waals surface area contributed by atoms with Crippen molar-refractivity contribution >= 4 is 17.4 Å². The summed E-state index contributed by atoms with van der Waals surface area (Å²) in [5.74, 6) is 0.735. The Balaban J connectivity index is 1.56. The molecule has 0 spiro atoms. The lowest BCUT2D eigenvalue weighted by Crippen LogP contribution is -2.31. The number of para-hydroxylation sites is 1. The zero-order valence-electron chi connectivity index (χ0n) is 19.0. The van der Waals surface area contributed by atoms with Crippen LogP contribution in [0, 0.1) is 0 Å². The Hall–Kier alpha value is -4.00. The Morgan fingerprint density at radius 1 is 0.879 bits per heavy atom. The maximum Gasteiger partial charge on any atom is 0.280 e. The molecule has 0 aliphatic rings. The molecule has 0 atom stereocenters. The Morgan fingerprint density at radius 2 is 1.58 bits per heavy atom. The summed E-state index contributed by atoms with van der Waals surface area (Å²) >= 11 is 0. The summed E-state index contributed by atoms with van der Waals surface area (Å²) in [6, 6.07) is 23.6. The molecule has 33 heavy (non-hydrogen) atoms. The molecular formula is C26H28N6O. The van der Waals surface area contributed by atoms with Crippen molar-refractivity contribution in [1.29, 1.82) is 0 Å². The average Bonchev–Trinajstić information content (AvgIpc) is 3.33. The standard InChI is InChI=1S/C26H28N6O/c1-3-30(4-2)25-16-15-22(17-27-25)19-32(23-13-9-6-10-14-23)26(33)24-20-31(29-28-24)18-21-11-7-5-8-12-21/h5-17,20H,3-4,18-19H2,1-2H3. The van der Waals surface area contributed by atoms with Gasteiger partial charge in [0.25, 0.3) is 5.91 Å². The van der Waals surface area contributed by atoms with Gasteiger partial charge in [0.05, 0.1) is 19.3 Å². The number of nitrogens with zero attached hydrogens (tertiary/aromatic N) is 6. The van der Waals surface area contributed by atoms with Gasteiger partial charge in [-0.15, -0.1) is 5.10 Å². The molecule has 0 aliphatic carbocycles. The molecule has 2 heterocycles. The van der Waals surface area contributed by atoms with Gasteiger partial charge in [-0.25, -0.2) is 9.67 Å². The van der Waals surface area contributed by atoms with Gasteiger partial charge in [-0.05, 0) is 43.2 Å². The van der Waals surface area contributed by atoms with Crippen molar-refractivity contribution in [3.8, 4) is 0 Å². The monoisotopic (exact) mass is 440 g/mol. The molecule has 2 aromatic heterocycles. The smallest absolute Gasteiger partial charge is 0.280 e. The molecular weight excluding hydrogens is 412 g/mol. The molecule has 7 nitrogen and oxygen atoms in total. The second-order valence-electron chi connectivity index (χ2n) is 7.71. The quantitative estimate of drug-likeness (QED) is 0.386. The summed E-state index contributed by atoms with van der Waals surface area (Å²) in [7, 11) is 0. The van der Waals surface area contributed by atoms with Gasteiger partial charge in [0.1, 0.15) is 5.82 Å². The van der Waals surface area contributed by atoms with Gasteiger partial charge in [-0.3, -0.25) is 4.79 Å². The zero-order valence-corrected chi connectivity index (χ0v) is 19.0. The van der Waals surface area contributed by atoms with Gasteiger partial charge in [-0.1, -0.05) is 59.8 Å². The highest BCUT2D eigenvalue weighted by Crippen LogP contribution is 2.20. The van der Waals surface area contributed by atoms with Crippen molar-refractivity contribution in [2.24, 2.45) is 0 Å². The molecule has 0 saturated carbocycles. The van der Waals surface area contributed by atoms with Gasteiger partial charge in [0, 0.05) is 25.0 Å². The Kier molecular flexibility index (Phi) is 7.09. The summed E-state index contributed by atoms with van der Waals surface area (Å²) in [5, 5.41) is 8.33. The molecule has 7 heteroatoms. The van der Waals surface area contributed by atoms with Crippen molar-refractivity contribution < 1.29 is 4.79 Å². The minimum Gasteiger partial charge on any atom is -0.357 e. The molecule has 4 rings (SSSR count). The molecule has 0 fully saturated rings. The summed E-state index contributed by atoms with van der Waals surface area (Å²) in [6.45, 7) is 6.97. The third-order valence-electron chi connectivity index (χ3n) is 5.50. The maximum absolute atomic E-state index is 13.5. The van der Waals surface area contributed by atoms with Crippen molar-refractivity contribution in [2.75, 3.05) is 22.9 Å². The maximum atomic E-state index is 13.5. The van der Waals surface area contributed by atoms with Crippen LogP contribution in [0.4, 0.5) is 11.5 Å².